The normalized spacial score (nSPS) is 16.3. The van der Waals surface area contributed by atoms with Crippen molar-refractivity contribution in [3.8, 4) is 52.5 Å². The summed E-state index contributed by atoms with van der Waals surface area (Å²) in [6, 6.07) is 54.2. The number of aliphatic hydroxyl groups excluding tert-OH is 1. The van der Waals surface area contributed by atoms with E-state index >= 15 is 0 Å². The number of aryl methyl sites for hydroxylation is 3. The molecule has 14 aromatic rings. The van der Waals surface area contributed by atoms with Gasteiger partial charge in [-0.2, -0.15) is 24.5 Å². The van der Waals surface area contributed by atoms with Gasteiger partial charge in [-0.15, -0.1) is 39.5 Å². The number of alkyl halides is 9. The van der Waals surface area contributed by atoms with E-state index in [4.69, 9.17) is 68.1 Å². The van der Waals surface area contributed by atoms with Gasteiger partial charge in [0.1, 0.15) is 41.1 Å². The fourth-order valence-corrected chi connectivity index (χ4v) is 15.9. The number of carbonyl (C=O) groups excluding carboxylic acids is 3. The molecule has 0 atom stereocenters. The first-order chi connectivity index (χ1) is 64.9. The molecule has 1 saturated heterocycles. The number of rotatable bonds is 23. The Hall–Kier alpha value is -12.9. The molecule has 0 unspecified atom stereocenters. The molecule has 18 rings (SSSR count). The number of imidazole rings is 3. The molecule has 0 amide bonds. The number of benzene rings is 8. The number of nitrogens with zero attached hydrogens (tertiary/aromatic N) is 11. The number of halogens is 12. The van der Waals surface area contributed by atoms with E-state index in [1.807, 2.05) is 48.5 Å². The Morgan fingerprint density at radius 3 is 1.15 bits per heavy atom. The van der Waals surface area contributed by atoms with Crippen LogP contribution >= 0.6 is 34.8 Å². The largest absolute Gasteiger partial charge is 1.00 e. The molecule has 4 aliphatic rings. The number of hydrogen-bond acceptors (Lipinski definition) is 21. The predicted octanol–water partition coefficient (Wildman–Crippen LogP) is 13.5. The summed E-state index contributed by atoms with van der Waals surface area (Å²) in [7, 11) is 4.42. The second kappa shape index (κ2) is 47.0. The zero-order chi connectivity index (χ0) is 97.5. The van der Waals surface area contributed by atoms with Gasteiger partial charge in [0, 0.05) is 86.3 Å². The van der Waals surface area contributed by atoms with Crippen LogP contribution in [0.2, 0.25) is 15.1 Å². The number of esters is 1. The molecule has 8 aromatic carbocycles. The maximum atomic E-state index is 14.0. The summed E-state index contributed by atoms with van der Waals surface area (Å²) in [5, 5.41) is 10.9. The third-order valence-electron chi connectivity index (χ3n) is 22.3. The van der Waals surface area contributed by atoms with Crippen molar-refractivity contribution in [2.75, 3.05) is 19.8 Å². The van der Waals surface area contributed by atoms with Crippen LogP contribution in [-0.4, -0.2) is 130 Å². The third-order valence-corrected chi connectivity index (χ3v) is 23.1. The summed E-state index contributed by atoms with van der Waals surface area (Å²) in [6.07, 6.45) is -6.67. The minimum atomic E-state index is -4.89. The molecule has 0 spiro atoms. The van der Waals surface area contributed by atoms with Gasteiger partial charge >= 0.3 is 85.2 Å². The first-order valence-corrected chi connectivity index (χ1v) is 43.4. The van der Waals surface area contributed by atoms with E-state index in [2.05, 4.69) is 53.2 Å². The zero-order valence-electron chi connectivity index (χ0n) is 74.8. The number of aliphatic hydroxyl groups is 1. The molecule has 0 bridgehead atoms. The van der Waals surface area contributed by atoms with Crippen LogP contribution in [0.3, 0.4) is 0 Å². The number of aromatic nitrogens is 12. The van der Waals surface area contributed by atoms with Crippen LogP contribution in [0.1, 0.15) is 99.6 Å². The van der Waals surface area contributed by atoms with Crippen LogP contribution in [0.4, 0.5) is 39.5 Å². The molecule has 138 heavy (non-hydrogen) atoms. The Balaban J connectivity index is 0.000000192. The first-order valence-electron chi connectivity index (χ1n) is 42.3. The monoisotopic (exact) mass is 1980 g/mol. The standard InChI is InChI=1S/C31H26ClF3N4O4.C25H22ClF3N4O5.C20H14ClF3N4O4.C13H16O2.C4H8O.CO2.Al.Li.4H/c1-37-27-26(28(40)39(30(37)41)23-15-21(16-23)14-19-6-3-2-4-7-19)38(18-20-10-12-22(32)13-11-20)29(36-27)42-24-8-5-9-25(17-24)43-31(33,34)35;1-31-21-20(22(35)33(24(31)36)17-9-15(10-17)13-34)32(12-14-5-7-16(26)8-6-14)23(30-21)37-18-3-2-4-19(11-18)38-25(27,28)29;1-27-16-15(17(29)26-18(27)30)28(10-11-5-7-12(21)8-6-11)19(25-16)31-13-3-2-4-14(9-13)32-20(22,23)24;1-10-7-12(8-10)13(14)15-9-11-5-3-2-4-6-11;1-2-4-5-3-1;2-1-3;;;;;;/h2-13,17,21,23H,14-16,18H2,1H3;2-8,11,15,17,34H,9-10,12-13H2,1H3;2-9H,10H2,1H3,(H,26,29,30);2-6,10,12H,7-9H2,1H3;1-4H2;;;;;;;/q;;;;;;;+1;;;;-1. The van der Waals surface area contributed by atoms with E-state index in [-0.39, 0.29) is 169 Å². The summed E-state index contributed by atoms with van der Waals surface area (Å²) >= 11 is 18.0. The van der Waals surface area contributed by atoms with Gasteiger partial charge in [-0.05, 0) is 176 Å². The first kappa shape index (κ1) is 106. The van der Waals surface area contributed by atoms with Crippen molar-refractivity contribution in [2.24, 2.45) is 44.8 Å². The fraction of sp³-hybridized carbons (Fsp3) is 0.309. The summed E-state index contributed by atoms with van der Waals surface area (Å²) in [4.78, 5) is 122. The molecule has 0 radical (unpaired) electrons. The van der Waals surface area contributed by atoms with Crippen LogP contribution in [0, 0.1) is 23.7 Å². The fourth-order valence-electron chi connectivity index (χ4n) is 15.5. The molecule has 30 nitrogen and oxygen atoms in total. The van der Waals surface area contributed by atoms with Crippen molar-refractivity contribution in [1.82, 2.24) is 56.5 Å². The van der Waals surface area contributed by atoms with Gasteiger partial charge in [0.05, 0.1) is 25.6 Å². The Morgan fingerprint density at radius 2 is 0.812 bits per heavy atom. The maximum Gasteiger partial charge on any atom is 1.00 e. The molecule has 3 aliphatic carbocycles. The molecule has 722 valence electrons. The van der Waals surface area contributed by atoms with Crippen molar-refractivity contribution >= 4 is 97.8 Å². The Kier molecular flexibility index (Phi) is 36.0. The average Bonchev–Trinajstić information content (AvgIpc) is 1.63. The minimum absolute atomic E-state index is 0. The number of aromatic amines is 1. The summed E-state index contributed by atoms with van der Waals surface area (Å²) < 4.78 is 164. The average molecular weight is 1990 g/mol. The van der Waals surface area contributed by atoms with E-state index < -0.39 is 70.1 Å². The number of fused-ring (bicyclic) bond motifs is 3. The van der Waals surface area contributed by atoms with Crippen LogP contribution in [0.25, 0.3) is 33.5 Å². The van der Waals surface area contributed by atoms with E-state index in [0.717, 1.165) is 100 Å². The minimum Gasteiger partial charge on any atom is -1.00 e. The molecule has 2 N–H and O–H groups in total. The van der Waals surface area contributed by atoms with Gasteiger partial charge in [-0.3, -0.25) is 60.7 Å². The van der Waals surface area contributed by atoms with Crippen LogP contribution in [0.5, 0.6) is 52.5 Å². The van der Waals surface area contributed by atoms with Crippen LogP contribution < -0.4 is 81.0 Å². The second-order valence-electron chi connectivity index (χ2n) is 32.2. The van der Waals surface area contributed by atoms with E-state index in [0.29, 0.717) is 59.2 Å². The van der Waals surface area contributed by atoms with E-state index in [9.17, 15) is 78.2 Å². The summed E-state index contributed by atoms with van der Waals surface area (Å²) in [5.41, 5.74) is 1.47. The Morgan fingerprint density at radius 1 is 0.471 bits per heavy atom. The molecule has 6 aromatic heterocycles. The van der Waals surface area contributed by atoms with E-state index in [1.165, 1.54) is 103 Å². The number of hydrogen-bond donors (Lipinski definition) is 2. The van der Waals surface area contributed by atoms with Crippen molar-refractivity contribution in [1.29, 1.82) is 0 Å². The topological polar surface area (TPSA) is 342 Å². The number of carbonyl (C=O) groups is 1. The number of nitrogens with one attached hydrogen (secondary N) is 1. The molecular weight excluding hydrogens is 1900 g/mol. The van der Waals surface area contributed by atoms with E-state index in [1.54, 1.807) is 72.8 Å². The molecule has 7 heterocycles. The Labute approximate surface area is 817 Å². The maximum absolute atomic E-state index is 14.0. The van der Waals surface area contributed by atoms with Crippen molar-refractivity contribution in [2.45, 2.75) is 122 Å². The smallest absolute Gasteiger partial charge is 1.00 e. The zero-order valence-corrected chi connectivity index (χ0v) is 76.0. The van der Waals surface area contributed by atoms with Crippen LogP contribution in [-0.2, 0) is 77.7 Å². The van der Waals surface area contributed by atoms with Gasteiger partial charge in [0.2, 0.25) is 0 Å². The summed E-state index contributed by atoms with van der Waals surface area (Å²) in [6.45, 7) is 4.88. The SMILES string of the molecule is C1CCOC1.CC1CC(C(=O)OCc2ccccc2)C1.Cn1c(=O)[nH]c(=O)c2c1nc(Oc1cccc(OC(F)(F)F)c1)n2Cc1ccc(Cl)cc1.Cn1c(=O)n(C2CC(CO)C2)c(=O)c2c1nc(Oc1cccc(OC(F)(F)F)c1)n2Cc1ccc(Cl)cc1.Cn1c(=O)n(C2CC(Cc3ccccc3)C2)c(=O)c2c1nc(Oc1cccc(OC(F)(F)F)c1)n2Cc1ccc(Cl)cc1.O=C=O.[AlH3].[H-].[Li+]. The van der Waals surface area contributed by atoms with Crippen molar-refractivity contribution in [3.05, 3.63) is 312 Å². The molecular formula is C94H90AlCl3F9LiN12O18. The Bertz CT molecular complexity index is 6980. The van der Waals surface area contributed by atoms with Crippen LogP contribution in [0.15, 0.2) is 235 Å². The third kappa shape index (κ3) is 27.6. The quantitative estimate of drug-likeness (QED) is 0.0341. The van der Waals surface area contributed by atoms with Gasteiger partial charge < -0.3 is 44.4 Å². The van der Waals surface area contributed by atoms with Gasteiger partial charge in [0.15, 0.2) is 50.9 Å². The molecule has 4 fully saturated rings. The predicted molar refractivity (Wildman–Crippen MR) is 490 cm³/mol. The van der Waals surface area contributed by atoms with Gasteiger partial charge in [0.25, 0.3) is 16.7 Å². The van der Waals surface area contributed by atoms with Gasteiger partial charge in [-0.1, -0.05) is 157 Å². The molecule has 1 aliphatic heterocycles. The molecule has 44 heteroatoms. The molecule has 3 saturated carbocycles. The van der Waals surface area contributed by atoms with Gasteiger partial charge in [-0.25, -0.2) is 14.4 Å². The van der Waals surface area contributed by atoms with Crippen molar-refractivity contribution in [3.63, 3.8) is 0 Å². The second-order valence-corrected chi connectivity index (χ2v) is 33.5. The number of ether oxygens (including phenoxy) is 8. The van der Waals surface area contributed by atoms with Crippen molar-refractivity contribution < 1.29 is 117 Å². The number of H-pyrrole nitrogens is 1. The summed E-state index contributed by atoms with van der Waals surface area (Å²) in [5.74, 6) is -0.317.